The third-order valence-corrected chi connectivity index (χ3v) is 4.51. The molecule has 3 rings (SSSR count). The molecule has 3 atom stereocenters. The number of carbonyl (C=O) groups is 1. The van der Waals surface area contributed by atoms with E-state index >= 15 is 0 Å². The Hall–Kier alpha value is -1.55. The number of amides is 1. The normalized spacial score (nSPS) is 26.8. The van der Waals surface area contributed by atoms with Crippen molar-refractivity contribution in [2.24, 2.45) is 11.7 Å². The van der Waals surface area contributed by atoms with Crippen LogP contribution in [0.1, 0.15) is 31.2 Å². The lowest BCUT2D eigenvalue weighted by Gasteiger charge is -2.35. The molecule has 0 unspecified atom stereocenters. The monoisotopic (exact) mass is 274 g/mol. The van der Waals surface area contributed by atoms with E-state index in [1.807, 2.05) is 36.1 Å². The maximum absolute atomic E-state index is 12.7. The topological polar surface area (TPSA) is 55.6 Å². The fourth-order valence-electron chi connectivity index (χ4n) is 3.23. The minimum absolute atomic E-state index is 0.141. The number of hydrogen-bond acceptors (Lipinski definition) is 3. The first kappa shape index (κ1) is 13.4. The Morgan fingerprint density at radius 2 is 2.25 bits per heavy atom. The van der Waals surface area contributed by atoms with Crippen molar-refractivity contribution in [3.63, 3.8) is 0 Å². The zero-order chi connectivity index (χ0) is 14.1. The van der Waals surface area contributed by atoms with Gasteiger partial charge in [0, 0.05) is 24.7 Å². The molecule has 1 fully saturated rings. The van der Waals surface area contributed by atoms with Gasteiger partial charge in [-0.25, -0.2) is 0 Å². The molecule has 1 aromatic carbocycles. The van der Waals surface area contributed by atoms with Gasteiger partial charge in [-0.2, -0.15) is 0 Å². The van der Waals surface area contributed by atoms with Crippen LogP contribution in [0.15, 0.2) is 24.3 Å². The van der Waals surface area contributed by atoms with Crippen molar-refractivity contribution in [3.8, 4) is 5.75 Å². The zero-order valence-electron chi connectivity index (χ0n) is 11.9. The molecule has 0 aromatic heterocycles. The largest absolute Gasteiger partial charge is 0.492 e. The van der Waals surface area contributed by atoms with Crippen molar-refractivity contribution < 1.29 is 9.53 Å². The Morgan fingerprint density at radius 3 is 3.05 bits per heavy atom. The van der Waals surface area contributed by atoms with E-state index < -0.39 is 0 Å². The van der Waals surface area contributed by atoms with Crippen molar-refractivity contribution >= 4 is 5.91 Å². The molecule has 108 valence electrons. The summed E-state index contributed by atoms with van der Waals surface area (Å²) in [4.78, 5) is 14.7. The molecule has 0 spiro atoms. The van der Waals surface area contributed by atoms with Gasteiger partial charge >= 0.3 is 0 Å². The molecular weight excluding hydrogens is 252 g/mol. The summed E-state index contributed by atoms with van der Waals surface area (Å²) in [5.74, 6) is 1.33. The predicted octanol–water partition coefficient (Wildman–Crippen LogP) is 1.75. The van der Waals surface area contributed by atoms with E-state index in [0.717, 1.165) is 37.2 Å². The van der Waals surface area contributed by atoms with E-state index in [2.05, 4.69) is 0 Å². The molecule has 0 radical (unpaired) electrons. The van der Waals surface area contributed by atoms with Gasteiger partial charge in [0.15, 0.2) is 0 Å². The first-order chi connectivity index (χ1) is 9.66. The van der Waals surface area contributed by atoms with Gasteiger partial charge in [0.05, 0.1) is 0 Å². The summed E-state index contributed by atoms with van der Waals surface area (Å²) in [7, 11) is 0. The molecule has 1 saturated heterocycles. The quantitative estimate of drug-likeness (QED) is 0.894. The number of rotatable bonds is 2. The molecular formula is C16H22N2O2. The van der Waals surface area contributed by atoms with Crippen LogP contribution in [0, 0.1) is 5.92 Å². The van der Waals surface area contributed by atoms with Crippen LogP contribution >= 0.6 is 0 Å². The van der Waals surface area contributed by atoms with Crippen molar-refractivity contribution in [1.82, 2.24) is 4.90 Å². The summed E-state index contributed by atoms with van der Waals surface area (Å²) in [6, 6.07) is 7.99. The lowest BCUT2D eigenvalue weighted by Crippen LogP contribution is -2.46. The van der Waals surface area contributed by atoms with E-state index in [4.69, 9.17) is 10.5 Å². The molecule has 1 aromatic rings. The van der Waals surface area contributed by atoms with E-state index in [0.29, 0.717) is 12.5 Å². The van der Waals surface area contributed by atoms with Crippen molar-refractivity contribution in [2.75, 3.05) is 19.7 Å². The maximum atomic E-state index is 12.7. The Morgan fingerprint density at radius 1 is 1.45 bits per heavy atom. The lowest BCUT2D eigenvalue weighted by molar-refractivity contribution is -0.135. The molecule has 1 amide bonds. The minimum atomic E-state index is -0.141. The van der Waals surface area contributed by atoms with Crippen LogP contribution in [0.25, 0.3) is 0 Å². The average molecular weight is 274 g/mol. The number of fused-ring (bicyclic) bond motifs is 1. The van der Waals surface area contributed by atoms with E-state index in [9.17, 15) is 4.79 Å². The van der Waals surface area contributed by atoms with Crippen LogP contribution in [0.4, 0.5) is 0 Å². The van der Waals surface area contributed by atoms with Gasteiger partial charge in [-0.05, 0) is 31.7 Å². The lowest BCUT2D eigenvalue weighted by atomic mass is 9.90. The van der Waals surface area contributed by atoms with Crippen LogP contribution in [-0.2, 0) is 4.79 Å². The van der Waals surface area contributed by atoms with Crippen LogP contribution in [0.3, 0.4) is 0 Å². The molecule has 0 saturated carbocycles. The van der Waals surface area contributed by atoms with Gasteiger partial charge in [-0.3, -0.25) is 4.79 Å². The van der Waals surface area contributed by atoms with Crippen molar-refractivity contribution in [2.45, 2.75) is 31.7 Å². The average Bonchev–Trinajstić information content (AvgIpc) is 2.90. The van der Waals surface area contributed by atoms with Crippen molar-refractivity contribution in [1.29, 1.82) is 0 Å². The second-order valence-electron chi connectivity index (χ2n) is 5.95. The van der Waals surface area contributed by atoms with Crippen LogP contribution < -0.4 is 10.5 Å². The number of para-hydroxylation sites is 1. The van der Waals surface area contributed by atoms with E-state index in [1.165, 1.54) is 0 Å². The number of benzene rings is 1. The fourth-order valence-corrected chi connectivity index (χ4v) is 3.23. The third-order valence-electron chi connectivity index (χ3n) is 4.51. The number of piperidine rings is 1. The van der Waals surface area contributed by atoms with Crippen LogP contribution in [-0.4, -0.2) is 36.5 Å². The summed E-state index contributed by atoms with van der Waals surface area (Å²) in [5, 5.41) is 0. The van der Waals surface area contributed by atoms with E-state index in [-0.39, 0.29) is 17.9 Å². The summed E-state index contributed by atoms with van der Waals surface area (Å²) in [6.45, 7) is 4.14. The van der Waals surface area contributed by atoms with Gasteiger partial charge < -0.3 is 15.4 Å². The Kier molecular flexibility index (Phi) is 3.66. The summed E-state index contributed by atoms with van der Waals surface area (Å²) < 4.78 is 5.63. The highest BCUT2D eigenvalue weighted by atomic mass is 16.5. The standard InChI is InChI=1S/C16H22N2O2/c1-11(17)12-5-4-8-18(9-12)16(19)14-10-20-15-7-3-2-6-13(14)15/h2-3,6-7,11-12,14H,4-5,8-10,17H2,1H3/t11-,12-,14+/m0/s1. The molecule has 0 aliphatic carbocycles. The molecule has 2 aliphatic rings. The second-order valence-corrected chi connectivity index (χ2v) is 5.95. The number of hydrogen-bond donors (Lipinski definition) is 1. The van der Waals surface area contributed by atoms with Crippen LogP contribution in [0.2, 0.25) is 0 Å². The SMILES string of the molecule is C[C@H](N)[C@H]1CCCN(C(=O)[C@@H]2COc3ccccc32)C1. The van der Waals surface area contributed by atoms with Gasteiger partial charge in [0.25, 0.3) is 0 Å². The minimum Gasteiger partial charge on any atom is -0.492 e. The molecule has 4 heteroatoms. The Balaban J connectivity index is 1.74. The summed E-state index contributed by atoms with van der Waals surface area (Å²) in [6.07, 6.45) is 2.17. The first-order valence-corrected chi connectivity index (χ1v) is 7.43. The maximum Gasteiger partial charge on any atom is 0.233 e. The fraction of sp³-hybridized carbons (Fsp3) is 0.562. The summed E-state index contributed by atoms with van der Waals surface area (Å²) in [5.41, 5.74) is 7.03. The van der Waals surface area contributed by atoms with Crippen molar-refractivity contribution in [3.05, 3.63) is 29.8 Å². The third kappa shape index (κ3) is 2.40. The first-order valence-electron chi connectivity index (χ1n) is 7.43. The number of nitrogens with zero attached hydrogens (tertiary/aromatic N) is 1. The zero-order valence-corrected chi connectivity index (χ0v) is 11.9. The molecule has 2 heterocycles. The molecule has 4 nitrogen and oxygen atoms in total. The molecule has 20 heavy (non-hydrogen) atoms. The highest BCUT2D eigenvalue weighted by molar-refractivity contribution is 5.85. The molecule has 0 bridgehead atoms. The number of nitrogens with two attached hydrogens (primary N) is 1. The van der Waals surface area contributed by atoms with Gasteiger partial charge in [0.1, 0.15) is 18.3 Å². The Labute approximate surface area is 119 Å². The second kappa shape index (κ2) is 5.44. The van der Waals surface area contributed by atoms with Gasteiger partial charge in [-0.15, -0.1) is 0 Å². The summed E-state index contributed by atoms with van der Waals surface area (Å²) >= 11 is 0. The number of ether oxygens (including phenoxy) is 1. The smallest absolute Gasteiger partial charge is 0.233 e. The highest BCUT2D eigenvalue weighted by Gasteiger charge is 2.35. The molecule has 2 N–H and O–H groups in total. The highest BCUT2D eigenvalue weighted by Crippen LogP contribution is 2.35. The van der Waals surface area contributed by atoms with Gasteiger partial charge in [0.2, 0.25) is 5.91 Å². The van der Waals surface area contributed by atoms with Gasteiger partial charge in [-0.1, -0.05) is 18.2 Å². The predicted molar refractivity (Wildman–Crippen MR) is 77.6 cm³/mol. The number of carbonyl (C=O) groups excluding carboxylic acids is 1. The number of likely N-dealkylation sites (tertiary alicyclic amines) is 1. The van der Waals surface area contributed by atoms with E-state index in [1.54, 1.807) is 0 Å². The molecule has 2 aliphatic heterocycles. The Bertz CT molecular complexity index is 501. The van der Waals surface area contributed by atoms with Crippen LogP contribution in [0.5, 0.6) is 5.75 Å².